The molecule has 0 aromatic heterocycles. The highest BCUT2D eigenvalue weighted by Crippen LogP contribution is 2.36. The van der Waals surface area contributed by atoms with Crippen LogP contribution in [0.15, 0.2) is 0 Å². The number of hydrogen-bond donors (Lipinski definition) is 0. The molecule has 1 heterocycles. The van der Waals surface area contributed by atoms with Gasteiger partial charge < -0.3 is 9.47 Å². The standard InChI is InChI=1S/C17H32O2/c1-3-5-6-7-14-8-10-15(11-9-14)17-18-13-12-16(4-2)19-17/h14-17H,3-13H2,1-2H3. The van der Waals surface area contributed by atoms with Crippen molar-refractivity contribution in [1.29, 1.82) is 0 Å². The van der Waals surface area contributed by atoms with E-state index >= 15 is 0 Å². The summed E-state index contributed by atoms with van der Waals surface area (Å²) in [6.45, 7) is 5.41. The molecule has 2 aliphatic rings. The highest BCUT2D eigenvalue weighted by atomic mass is 16.7. The van der Waals surface area contributed by atoms with E-state index in [1.165, 1.54) is 51.4 Å². The third-order valence-electron chi connectivity index (χ3n) is 5.00. The maximum absolute atomic E-state index is 6.09. The van der Waals surface area contributed by atoms with Gasteiger partial charge in [-0.1, -0.05) is 39.5 Å². The van der Waals surface area contributed by atoms with Gasteiger partial charge >= 0.3 is 0 Å². The molecule has 2 rings (SSSR count). The topological polar surface area (TPSA) is 18.5 Å². The van der Waals surface area contributed by atoms with Crippen molar-refractivity contribution < 1.29 is 9.47 Å². The molecule has 112 valence electrons. The quantitative estimate of drug-likeness (QED) is 0.637. The minimum atomic E-state index is 0.107. The molecular weight excluding hydrogens is 236 g/mol. The molecule has 0 aromatic carbocycles. The molecule has 0 spiro atoms. The van der Waals surface area contributed by atoms with Crippen molar-refractivity contribution in [2.24, 2.45) is 11.8 Å². The van der Waals surface area contributed by atoms with Gasteiger partial charge in [0.05, 0.1) is 12.7 Å². The van der Waals surface area contributed by atoms with Crippen LogP contribution in [0.4, 0.5) is 0 Å². The average Bonchev–Trinajstić information content (AvgIpc) is 2.48. The van der Waals surface area contributed by atoms with Crippen molar-refractivity contribution in [3.63, 3.8) is 0 Å². The first-order valence-electron chi connectivity index (χ1n) is 8.60. The van der Waals surface area contributed by atoms with Gasteiger partial charge in [-0.3, -0.25) is 0 Å². The second-order valence-corrected chi connectivity index (χ2v) is 6.47. The fraction of sp³-hybridized carbons (Fsp3) is 1.00. The Morgan fingerprint density at radius 3 is 2.42 bits per heavy atom. The number of rotatable bonds is 6. The van der Waals surface area contributed by atoms with Crippen LogP contribution in [0.5, 0.6) is 0 Å². The predicted molar refractivity (Wildman–Crippen MR) is 79.1 cm³/mol. The van der Waals surface area contributed by atoms with Gasteiger partial charge in [-0.2, -0.15) is 0 Å². The second-order valence-electron chi connectivity index (χ2n) is 6.47. The first kappa shape index (κ1) is 15.3. The fourth-order valence-electron chi connectivity index (χ4n) is 3.59. The van der Waals surface area contributed by atoms with Gasteiger partial charge in [0.25, 0.3) is 0 Å². The predicted octanol–water partition coefficient (Wildman–Crippen LogP) is 4.91. The van der Waals surface area contributed by atoms with Crippen LogP contribution in [0.3, 0.4) is 0 Å². The molecular formula is C17H32O2. The Bertz CT molecular complexity index is 233. The second kappa shape index (κ2) is 8.26. The smallest absolute Gasteiger partial charge is 0.160 e. The van der Waals surface area contributed by atoms with Crippen LogP contribution in [-0.2, 0) is 9.47 Å². The van der Waals surface area contributed by atoms with E-state index in [4.69, 9.17) is 9.47 Å². The molecule has 1 saturated heterocycles. The summed E-state index contributed by atoms with van der Waals surface area (Å²) in [6, 6.07) is 0. The third-order valence-corrected chi connectivity index (χ3v) is 5.00. The Kier molecular flexibility index (Phi) is 6.66. The lowest BCUT2D eigenvalue weighted by atomic mass is 9.79. The van der Waals surface area contributed by atoms with Gasteiger partial charge in [0.1, 0.15) is 0 Å². The summed E-state index contributed by atoms with van der Waals surface area (Å²) in [5, 5.41) is 0. The largest absolute Gasteiger partial charge is 0.352 e. The highest BCUT2D eigenvalue weighted by Gasteiger charge is 2.32. The molecule has 0 amide bonds. The van der Waals surface area contributed by atoms with E-state index in [1.54, 1.807) is 0 Å². The van der Waals surface area contributed by atoms with Gasteiger partial charge in [0, 0.05) is 5.92 Å². The van der Waals surface area contributed by atoms with Crippen LogP contribution in [0.25, 0.3) is 0 Å². The molecule has 0 N–H and O–H groups in total. The minimum Gasteiger partial charge on any atom is -0.352 e. The molecule has 2 heteroatoms. The molecule has 2 unspecified atom stereocenters. The van der Waals surface area contributed by atoms with Gasteiger partial charge in [-0.15, -0.1) is 0 Å². The average molecular weight is 268 g/mol. The van der Waals surface area contributed by atoms with Crippen LogP contribution in [0, 0.1) is 11.8 Å². The van der Waals surface area contributed by atoms with Crippen LogP contribution in [0.2, 0.25) is 0 Å². The molecule has 1 aliphatic heterocycles. The lowest BCUT2D eigenvalue weighted by Crippen LogP contribution is -2.38. The SMILES string of the molecule is CCCCCC1CCC(C2OCCC(CC)O2)CC1. The third kappa shape index (κ3) is 4.75. The molecule has 0 radical (unpaired) electrons. The zero-order valence-corrected chi connectivity index (χ0v) is 12.9. The fourth-order valence-corrected chi connectivity index (χ4v) is 3.59. The molecule has 19 heavy (non-hydrogen) atoms. The maximum atomic E-state index is 6.09. The van der Waals surface area contributed by atoms with E-state index in [-0.39, 0.29) is 6.29 Å². The summed E-state index contributed by atoms with van der Waals surface area (Å²) in [6.07, 6.45) is 13.8. The molecule has 1 saturated carbocycles. The van der Waals surface area contributed by atoms with Gasteiger partial charge in [-0.05, 0) is 44.4 Å². The number of unbranched alkanes of at least 4 members (excludes halogenated alkanes) is 2. The molecule has 2 nitrogen and oxygen atoms in total. The Balaban J connectivity index is 1.67. The van der Waals surface area contributed by atoms with E-state index in [0.717, 1.165) is 25.4 Å². The summed E-state index contributed by atoms with van der Waals surface area (Å²) >= 11 is 0. The van der Waals surface area contributed by atoms with Crippen molar-refractivity contribution >= 4 is 0 Å². The van der Waals surface area contributed by atoms with Gasteiger partial charge in [-0.25, -0.2) is 0 Å². The van der Waals surface area contributed by atoms with E-state index in [9.17, 15) is 0 Å². The van der Waals surface area contributed by atoms with E-state index < -0.39 is 0 Å². The monoisotopic (exact) mass is 268 g/mol. The van der Waals surface area contributed by atoms with Crippen molar-refractivity contribution in [3.8, 4) is 0 Å². The van der Waals surface area contributed by atoms with Gasteiger partial charge in [0.2, 0.25) is 0 Å². The first-order chi connectivity index (χ1) is 9.33. The minimum absolute atomic E-state index is 0.107. The zero-order valence-electron chi connectivity index (χ0n) is 12.9. The van der Waals surface area contributed by atoms with Crippen molar-refractivity contribution in [2.75, 3.05) is 6.61 Å². The maximum Gasteiger partial charge on any atom is 0.160 e. The summed E-state index contributed by atoms with van der Waals surface area (Å²) in [5.74, 6) is 1.64. The van der Waals surface area contributed by atoms with E-state index in [2.05, 4.69) is 13.8 Å². The van der Waals surface area contributed by atoms with Crippen LogP contribution >= 0.6 is 0 Å². The van der Waals surface area contributed by atoms with Crippen LogP contribution < -0.4 is 0 Å². The van der Waals surface area contributed by atoms with Crippen molar-refractivity contribution in [3.05, 3.63) is 0 Å². The normalized spacial score (nSPS) is 36.3. The molecule has 0 aromatic rings. The number of ether oxygens (including phenoxy) is 2. The van der Waals surface area contributed by atoms with Crippen LogP contribution in [0.1, 0.15) is 78.1 Å². The summed E-state index contributed by atoms with van der Waals surface area (Å²) in [5.41, 5.74) is 0. The van der Waals surface area contributed by atoms with Crippen LogP contribution in [-0.4, -0.2) is 19.0 Å². The Morgan fingerprint density at radius 1 is 0.947 bits per heavy atom. The summed E-state index contributed by atoms with van der Waals surface area (Å²) in [4.78, 5) is 0. The van der Waals surface area contributed by atoms with Gasteiger partial charge in [0.15, 0.2) is 6.29 Å². The zero-order chi connectivity index (χ0) is 13.5. The highest BCUT2D eigenvalue weighted by molar-refractivity contribution is 4.77. The first-order valence-corrected chi connectivity index (χ1v) is 8.60. The van der Waals surface area contributed by atoms with Crippen molar-refractivity contribution in [1.82, 2.24) is 0 Å². The number of hydrogen-bond acceptors (Lipinski definition) is 2. The van der Waals surface area contributed by atoms with E-state index in [1.807, 2.05) is 0 Å². The van der Waals surface area contributed by atoms with Crippen molar-refractivity contribution in [2.45, 2.75) is 90.4 Å². The summed E-state index contributed by atoms with van der Waals surface area (Å²) in [7, 11) is 0. The van der Waals surface area contributed by atoms with E-state index in [0.29, 0.717) is 12.0 Å². The molecule has 2 atom stereocenters. The lowest BCUT2D eigenvalue weighted by Gasteiger charge is -2.38. The Morgan fingerprint density at radius 2 is 1.74 bits per heavy atom. The molecule has 1 aliphatic carbocycles. The summed E-state index contributed by atoms with van der Waals surface area (Å²) < 4.78 is 11.9. The Hall–Kier alpha value is -0.0800. The Labute approximate surface area is 119 Å². The lowest BCUT2D eigenvalue weighted by molar-refractivity contribution is -0.240. The molecule has 2 fully saturated rings. The molecule has 0 bridgehead atoms.